The summed E-state index contributed by atoms with van der Waals surface area (Å²) in [5, 5.41) is 3.53. The lowest BCUT2D eigenvalue weighted by Gasteiger charge is -2.16. The molecule has 1 aromatic rings. The Balaban J connectivity index is 2.57. The number of ether oxygens (including phenoxy) is 1. The van der Waals surface area contributed by atoms with E-state index in [1.807, 2.05) is 6.07 Å². The SMILES string of the molecule is CCCOc1cccc([C@@H](C)NCC(C)C)c1. The van der Waals surface area contributed by atoms with Gasteiger partial charge in [0.05, 0.1) is 6.61 Å². The summed E-state index contributed by atoms with van der Waals surface area (Å²) in [6.45, 7) is 10.6. The van der Waals surface area contributed by atoms with E-state index in [9.17, 15) is 0 Å². The fraction of sp³-hybridized carbons (Fsp3) is 0.600. The van der Waals surface area contributed by atoms with Crippen molar-refractivity contribution in [3.63, 3.8) is 0 Å². The summed E-state index contributed by atoms with van der Waals surface area (Å²) in [4.78, 5) is 0. The van der Waals surface area contributed by atoms with E-state index in [-0.39, 0.29) is 0 Å². The lowest BCUT2D eigenvalue weighted by atomic mass is 10.1. The van der Waals surface area contributed by atoms with Crippen molar-refractivity contribution in [1.82, 2.24) is 5.32 Å². The van der Waals surface area contributed by atoms with Crippen molar-refractivity contribution in [3.05, 3.63) is 29.8 Å². The Bertz CT molecular complexity index is 322. The third kappa shape index (κ3) is 5.22. The summed E-state index contributed by atoms with van der Waals surface area (Å²) in [6, 6.07) is 8.75. The standard InChI is InChI=1S/C15H25NO/c1-5-9-17-15-8-6-7-14(10-15)13(4)16-11-12(2)3/h6-8,10,12-13,16H,5,9,11H2,1-4H3/t13-/m1/s1. The van der Waals surface area contributed by atoms with Gasteiger partial charge in [0.1, 0.15) is 5.75 Å². The molecule has 0 fully saturated rings. The smallest absolute Gasteiger partial charge is 0.119 e. The largest absolute Gasteiger partial charge is 0.494 e. The molecule has 0 unspecified atom stereocenters. The van der Waals surface area contributed by atoms with Crippen LogP contribution in [0.4, 0.5) is 0 Å². The minimum atomic E-state index is 0.377. The average molecular weight is 235 g/mol. The second kappa shape index (κ2) is 7.33. The summed E-state index contributed by atoms with van der Waals surface area (Å²) < 4.78 is 5.64. The van der Waals surface area contributed by atoms with Crippen LogP contribution in [0.25, 0.3) is 0 Å². The van der Waals surface area contributed by atoms with Crippen molar-refractivity contribution in [2.75, 3.05) is 13.2 Å². The van der Waals surface area contributed by atoms with Crippen LogP contribution in [0.2, 0.25) is 0 Å². The van der Waals surface area contributed by atoms with E-state index in [1.165, 1.54) is 5.56 Å². The monoisotopic (exact) mass is 235 g/mol. The molecule has 0 aliphatic heterocycles. The van der Waals surface area contributed by atoms with E-state index < -0.39 is 0 Å². The van der Waals surface area contributed by atoms with Gasteiger partial charge in [0, 0.05) is 6.04 Å². The quantitative estimate of drug-likeness (QED) is 0.776. The molecule has 0 aromatic heterocycles. The van der Waals surface area contributed by atoms with Gasteiger partial charge in [0.2, 0.25) is 0 Å². The van der Waals surface area contributed by atoms with Gasteiger partial charge < -0.3 is 10.1 Å². The first-order valence-electron chi connectivity index (χ1n) is 6.59. The summed E-state index contributed by atoms with van der Waals surface area (Å²) in [5.74, 6) is 1.65. The van der Waals surface area contributed by atoms with Gasteiger partial charge in [-0.25, -0.2) is 0 Å². The van der Waals surface area contributed by atoms with Gasteiger partial charge in [0.15, 0.2) is 0 Å². The average Bonchev–Trinajstić information content (AvgIpc) is 2.33. The third-order valence-corrected chi connectivity index (χ3v) is 2.66. The Morgan fingerprint density at radius 3 is 2.65 bits per heavy atom. The fourth-order valence-corrected chi connectivity index (χ4v) is 1.62. The van der Waals surface area contributed by atoms with Crippen LogP contribution in [0.1, 0.15) is 45.7 Å². The topological polar surface area (TPSA) is 21.3 Å². The van der Waals surface area contributed by atoms with E-state index in [2.05, 4.69) is 51.2 Å². The zero-order chi connectivity index (χ0) is 12.7. The highest BCUT2D eigenvalue weighted by Crippen LogP contribution is 2.19. The van der Waals surface area contributed by atoms with Crippen LogP contribution in [0.3, 0.4) is 0 Å². The molecule has 0 amide bonds. The normalized spacial score (nSPS) is 12.8. The molecule has 0 saturated heterocycles. The van der Waals surface area contributed by atoms with E-state index >= 15 is 0 Å². The van der Waals surface area contributed by atoms with Crippen LogP contribution >= 0.6 is 0 Å². The molecule has 0 bridgehead atoms. The Labute approximate surface area is 105 Å². The van der Waals surface area contributed by atoms with Gasteiger partial charge in [-0.2, -0.15) is 0 Å². The maximum Gasteiger partial charge on any atom is 0.119 e. The molecule has 1 rings (SSSR count). The van der Waals surface area contributed by atoms with Crippen LogP contribution in [0.15, 0.2) is 24.3 Å². The summed E-state index contributed by atoms with van der Waals surface area (Å²) >= 11 is 0. The third-order valence-electron chi connectivity index (χ3n) is 2.66. The van der Waals surface area contributed by atoms with Gasteiger partial charge >= 0.3 is 0 Å². The first-order chi connectivity index (χ1) is 8.13. The highest BCUT2D eigenvalue weighted by Gasteiger charge is 2.06. The lowest BCUT2D eigenvalue weighted by molar-refractivity contribution is 0.316. The first kappa shape index (κ1) is 14.0. The number of rotatable bonds is 7. The zero-order valence-corrected chi connectivity index (χ0v) is 11.5. The van der Waals surface area contributed by atoms with Gasteiger partial charge in [-0.3, -0.25) is 0 Å². The second-order valence-corrected chi connectivity index (χ2v) is 4.94. The predicted molar refractivity (Wildman–Crippen MR) is 73.5 cm³/mol. The second-order valence-electron chi connectivity index (χ2n) is 4.94. The molecule has 0 aliphatic carbocycles. The predicted octanol–water partition coefficient (Wildman–Crippen LogP) is 3.78. The number of nitrogens with one attached hydrogen (secondary N) is 1. The minimum Gasteiger partial charge on any atom is -0.494 e. The van der Waals surface area contributed by atoms with E-state index in [4.69, 9.17) is 4.74 Å². The van der Waals surface area contributed by atoms with Crippen LogP contribution in [-0.4, -0.2) is 13.2 Å². The number of hydrogen-bond donors (Lipinski definition) is 1. The van der Waals surface area contributed by atoms with Crippen molar-refractivity contribution < 1.29 is 4.74 Å². The summed E-state index contributed by atoms with van der Waals surface area (Å²) in [5.41, 5.74) is 1.29. The molecular formula is C15H25NO. The molecule has 1 aromatic carbocycles. The fourth-order valence-electron chi connectivity index (χ4n) is 1.62. The van der Waals surface area contributed by atoms with Crippen molar-refractivity contribution in [2.24, 2.45) is 5.92 Å². The molecule has 2 heteroatoms. The molecular weight excluding hydrogens is 210 g/mol. The van der Waals surface area contributed by atoms with Crippen molar-refractivity contribution in [1.29, 1.82) is 0 Å². The maximum absolute atomic E-state index is 5.64. The van der Waals surface area contributed by atoms with Crippen molar-refractivity contribution in [3.8, 4) is 5.75 Å². The molecule has 2 nitrogen and oxygen atoms in total. The van der Waals surface area contributed by atoms with Gasteiger partial charge in [-0.1, -0.05) is 32.9 Å². The first-order valence-corrected chi connectivity index (χ1v) is 6.59. The highest BCUT2D eigenvalue weighted by molar-refractivity contribution is 5.30. The van der Waals surface area contributed by atoms with Crippen LogP contribution < -0.4 is 10.1 Å². The van der Waals surface area contributed by atoms with E-state index in [1.54, 1.807) is 0 Å². The van der Waals surface area contributed by atoms with Crippen LogP contribution in [0.5, 0.6) is 5.75 Å². The molecule has 0 radical (unpaired) electrons. The lowest BCUT2D eigenvalue weighted by Crippen LogP contribution is -2.23. The minimum absolute atomic E-state index is 0.377. The summed E-state index contributed by atoms with van der Waals surface area (Å²) in [7, 11) is 0. The molecule has 0 spiro atoms. The molecule has 0 aliphatic rings. The molecule has 1 atom stereocenters. The molecule has 0 heterocycles. The van der Waals surface area contributed by atoms with E-state index in [0.717, 1.165) is 25.3 Å². The van der Waals surface area contributed by atoms with Crippen molar-refractivity contribution in [2.45, 2.75) is 40.2 Å². The molecule has 0 saturated carbocycles. The van der Waals surface area contributed by atoms with Gasteiger partial charge in [0.25, 0.3) is 0 Å². The summed E-state index contributed by atoms with van der Waals surface area (Å²) in [6.07, 6.45) is 1.05. The Hall–Kier alpha value is -1.02. The van der Waals surface area contributed by atoms with Crippen molar-refractivity contribution >= 4 is 0 Å². The van der Waals surface area contributed by atoms with Crippen LogP contribution in [0, 0.1) is 5.92 Å². The molecule has 96 valence electrons. The zero-order valence-electron chi connectivity index (χ0n) is 11.5. The Kier molecular flexibility index (Phi) is 6.06. The van der Waals surface area contributed by atoms with E-state index in [0.29, 0.717) is 12.0 Å². The van der Waals surface area contributed by atoms with Gasteiger partial charge in [-0.15, -0.1) is 0 Å². The Morgan fingerprint density at radius 1 is 1.24 bits per heavy atom. The Morgan fingerprint density at radius 2 is 2.00 bits per heavy atom. The highest BCUT2D eigenvalue weighted by atomic mass is 16.5. The number of benzene rings is 1. The molecule has 17 heavy (non-hydrogen) atoms. The number of hydrogen-bond acceptors (Lipinski definition) is 2. The molecule has 1 N–H and O–H groups in total. The van der Waals surface area contributed by atoms with Gasteiger partial charge in [-0.05, 0) is 43.5 Å². The van der Waals surface area contributed by atoms with Crippen LogP contribution in [-0.2, 0) is 0 Å². The maximum atomic E-state index is 5.64.